The van der Waals surface area contributed by atoms with Crippen LogP contribution in [0.1, 0.15) is 69.5 Å². The third-order valence-corrected chi connectivity index (χ3v) is 8.98. The normalized spacial score (nSPS) is 21.0. The monoisotopic (exact) mass is 651 g/mol. The van der Waals surface area contributed by atoms with E-state index in [9.17, 15) is 15.0 Å². The number of carboxylic acids is 1. The molecule has 4 atom stereocenters. The van der Waals surface area contributed by atoms with Gasteiger partial charge in [0.15, 0.2) is 5.82 Å². The van der Waals surface area contributed by atoms with Crippen molar-refractivity contribution in [1.82, 2.24) is 9.88 Å². The Labute approximate surface area is 273 Å². The molecule has 2 aliphatic rings. The fraction of sp³-hybridized carbons (Fsp3) is 0.441. The van der Waals surface area contributed by atoms with Gasteiger partial charge >= 0.3 is 5.97 Å². The number of halogens is 2. The summed E-state index contributed by atoms with van der Waals surface area (Å²) in [6, 6.07) is 13.1. The molecule has 0 amide bonds. The van der Waals surface area contributed by atoms with Gasteiger partial charge in [-0.2, -0.15) is 0 Å². The molecule has 7 N–H and O–H groups in total. The molecule has 12 heteroatoms. The quantitative estimate of drug-likeness (QED) is 0.146. The number of amidine groups is 1. The highest BCUT2D eigenvalue weighted by Crippen LogP contribution is 2.36. The summed E-state index contributed by atoms with van der Waals surface area (Å²) >= 11 is 6.27. The summed E-state index contributed by atoms with van der Waals surface area (Å²) in [5, 5.41) is 21.4. The highest BCUT2D eigenvalue weighted by molar-refractivity contribution is 6.31. The molecular formula is C34H43ClFN7O3. The molecule has 0 saturated carbocycles. The molecule has 3 aromatic rings. The Hall–Kier alpha value is -3.77. The molecule has 246 valence electrons. The number of carboxylic acid groups (broad SMARTS) is 1. The van der Waals surface area contributed by atoms with E-state index in [2.05, 4.69) is 19.9 Å². The van der Waals surface area contributed by atoms with E-state index in [1.54, 1.807) is 36.2 Å². The lowest BCUT2D eigenvalue weighted by Gasteiger charge is -2.41. The van der Waals surface area contributed by atoms with Crippen LogP contribution in [0, 0.1) is 5.82 Å². The fourth-order valence-corrected chi connectivity index (χ4v) is 6.72. The van der Waals surface area contributed by atoms with Crippen molar-refractivity contribution in [3.8, 4) is 11.3 Å². The number of hydrogen-bond donors (Lipinski definition) is 5. The summed E-state index contributed by atoms with van der Waals surface area (Å²) in [6.07, 6.45) is 6.51. The molecule has 46 heavy (non-hydrogen) atoms. The fourth-order valence-electron chi connectivity index (χ4n) is 6.48. The number of aromatic amines is 1. The molecule has 5 rings (SSSR count). The van der Waals surface area contributed by atoms with Gasteiger partial charge in [-0.3, -0.25) is 14.7 Å². The van der Waals surface area contributed by atoms with Crippen LogP contribution in [-0.4, -0.2) is 63.4 Å². The Morgan fingerprint density at radius 2 is 2.00 bits per heavy atom. The smallest absolute Gasteiger partial charge is 0.317 e. The van der Waals surface area contributed by atoms with Gasteiger partial charge in [0.25, 0.3) is 0 Å². The summed E-state index contributed by atoms with van der Waals surface area (Å²) < 4.78 is 15.2. The van der Waals surface area contributed by atoms with Gasteiger partial charge in [0.1, 0.15) is 5.49 Å². The van der Waals surface area contributed by atoms with Crippen molar-refractivity contribution in [2.45, 2.75) is 83.3 Å². The minimum absolute atomic E-state index is 0.0499. The number of aliphatic hydroxyl groups is 1. The highest BCUT2D eigenvalue weighted by atomic mass is 35.5. The number of aliphatic hydroxyl groups excluding tert-OH is 1. The summed E-state index contributed by atoms with van der Waals surface area (Å²) in [5.74, 6) is -0.863. The van der Waals surface area contributed by atoms with Crippen LogP contribution in [0.4, 0.5) is 10.1 Å². The van der Waals surface area contributed by atoms with Crippen LogP contribution in [0.25, 0.3) is 17.5 Å². The number of benzene rings is 2. The standard InChI is InChI=1S/C34H43ClFN7O3/c1-20(37)5-3-6-22-15-27(32(36)28(35)16-22)29-17-24-18-43(34(46)41-33(24)40-29)26-11-9-23(10-12-26)30-8-4-7-25(13-14-39-21(2)38)42(30)19-31(44)45/h9-12,15-18,20,25,30,34,46H,3-8,13-14,19,37H2,1-2H3,(H2,38,39)(H,40,41)(H,44,45). The number of aliphatic carboxylic acids is 1. The topological polar surface area (TPSA) is 157 Å². The third-order valence-electron chi connectivity index (χ3n) is 8.70. The van der Waals surface area contributed by atoms with Crippen LogP contribution in [0.5, 0.6) is 0 Å². The first-order valence-corrected chi connectivity index (χ1v) is 16.2. The van der Waals surface area contributed by atoms with Gasteiger partial charge in [-0.15, -0.1) is 0 Å². The lowest BCUT2D eigenvalue weighted by atomic mass is 9.89. The molecule has 1 aromatic heterocycles. The van der Waals surface area contributed by atoms with Gasteiger partial charge in [-0.1, -0.05) is 23.7 Å². The maximum atomic E-state index is 15.2. The lowest BCUT2D eigenvalue weighted by molar-refractivity contribution is -0.140. The summed E-state index contributed by atoms with van der Waals surface area (Å²) in [6.45, 7) is 4.22. The summed E-state index contributed by atoms with van der Waals surface area (Å²) in [7, 11) is 0. The van der Waals surface area contributed by atoms with E-state index in [0.717, 1.165) is 56.1 Å². The van der Waals surface area contributed by atoms with Crippen molar-refractivity contribution in [2.24, 2.45) is 21.5 Å². The third kappa shape index (κ3) is 7.95. The van der Waals surface area contributed by atoms with Crippen molar-refractivity contribution < 1.29 is 19.4 Å². The van der Waals surface area contributed by atoms with Crippen molar-refractivity contribution in [1.29, 1.82) is 0 Å². The second kappa shape index (κ2) is 14.8. The van der Waals surface area contributed by atoms with E-state index in [-0.39, 0.29) is 29.7 Å². The van der Waals surface area contributed by atoms with E-state index in [1.807, 2.05) is 31.2 Å². The Morgan fingerprint density at radius 1 is 1.24 bits per heavy atom. The number of anilines is 1. The molecule has 10 nitrogen and oxygen atoms in total. The average molecular weight is 652 g/mol. The molecule has 1 fully saturated rings. The molecule has 0 radical (unpaired) electrons. The summed E-state index contributed by atoms with van der Waals surface area (Å²) in [4.78, 5) is 27.4. The molecule has 2 aliphatic heterocycles. The Bertz CT molecular complexity index is 1690. The maximum absolute atomic E-state index is 15.2. The zero-order valence-electron chi connectivity index (χ0n) is 26.3. The Kier molecular flexibility index (Phi) is 10.8. The number of piperidine rings is 1. The molecular weight excluding hydrogens is 609 g/mol. The molecule has 0 bridgehead atoms. The summed E-state index contributed by atoms with van der Waals surface area (Å²) in [5.41, 5.74) is 15.5. The van der Waals surface area contributed by atoms with Crippen LogP contribution < -0.4 is 27.1 Å². The van der Waals surface area contributed by atoms with Crippen LogP contribution in [0.3, 0.4) is 0 Å². The van der Waals surface area contributed by atoms with Gasteiger partial charge in [-0.25, -0.2) is 9.38 Å². The number of hydrogen-bond acceptors (Lipinski definition) is 7. The van der Waals surface area contributed by atoms with Crippen molar-refractivity contribution in [3.05, 3.63) is 75.1 Å². The van der Waals surface area contributed by atoms with E-state index in [1.165, 1.54) is 0 Å². The second-order valence-corrected chi connectivity index (χ2v) is 12.8. The number of aryl methyl sites for hydroxylation is 1. The largest absolute Gasteiger partial charge is 0.480 e. The van der Waals surface area contributed by atoms with Crippen LogP contribution >= 0.6 is 11.6 Å². The van der Waals surface area contributed by atoms with Gasteiger partial charge in [0, 0.05) is 47.3 Å². The molecule has 4 unspecified atom stereocenters. The maximum Gasteiger partial charge on any atom is 0.317 e. The zero-order valence-corrected chi connectivity index (χ0v) is 27.1. The van der Waals surface area contributed by atoms with Crippen molar-refractivity contribution >= 4 is 35.3 Å². The SMILES string of the molecule is CC(N)=NCCC1CCCC(c2ccc(N3C=c4cc(-c5cc(CCCC(C)N)cc(Cl)c5F)[nH]c4=NC3O)cc2)N1CC(=O)O. The predicted molar refractivity (Wildman–Crippen MR) is 179 cm³/mol. The number of nitrogens with two attached hydrogens (primary N) is 2. The second-order valence-electron chi connectivity index (χ2n) is 12.4. The number of carbonyl (C=O) groups is 1. The number of nitrogens with one attached hydrogen (secondary N) is 1. The zero-order chi connectivity index (χ0) is 33.0. The Morgan fingerprint density at radius 3 is 2.70 bits per heavy atom. The number of aromatic nitrogens is 1. The van der Waals surface area contributed by atoms with E-state index >= 15 is 4.39 Å². The first-order valence-electron chi connectivity index (χ1n) is 15.8. The van der Waals surface area contributed by atoms with E-state index in [0.29, 0.717) is 40.0 Å². The van der Waals surface area contributed by atoms with E-state index < -0.39 is 18.1 Å². The number of H-pyrrole nitrogens is 1. The van der Waals surface area contributed by atoms with Crippen molar-refractivity contribution in [3.63, 3.8) is 0 Å². The van der Waals surface area contributed by atoms with E-state index in [4.69, 9.17) is 23.1 Å². The molecule has 3 heterocycles. The van der Waals surface area contributed by atoms with Gasteiger partial charge in [-0.05, 0) is 100 Å². The molecule has 0 spiro atoms. The number of fused-ring (bicyclic) bond motifs is 1. The Balaban J connectivity index is 1.37. The number of likely N-dealkylation sites (tertiary alicyclic amines) is 1. The average Bonchev–Trinajstić information content (AvgIpc) is 3.41. The van der Waals surface area contributed by atoms with Gasteiger partial charge in [0.05, 0.1) is 23.1 Å². The van der Waals surface area contributed by atoms with Crippen LogP contribution in [0.2, 0.25) is 5.02 Å². The highest BCUT2D eigenvalue weighted by Gasteiger charge is 2.33. The lowest BCUT2D eigenvalue weighted by Crippen LogP contribution is -2.45. The van der Waals surface area contributed by atoms with Crippen molar-refractivity contribution in [2.75, 3.05) is 18.0 Å². The predicted octanol–water partition coefficient (Wildman–Crippen LogP) is 4.05. The van der Waals surface area contributed by atoms with Crippen LogP contribution in [0.15, 0.2) is 52.4 Å². The first-order chi connectivity index (χ1) is 22.0. The molecule has 2 aromatic carbocycles. The number of rotatable bonds is 12. The first kappa shape index (κ1) is 33.6. The molecule has 0 aliphatic carbocycles. The van der Waals surface area contributed by atoms with Gasteiger partial charge < -0.3 is 31.6 Å². The minimum Gasteiger partial charge on any atom is -0.480 e. The number of nitrogens with zero attached hydrogens (tertiary/aromatic N) is 4. The van der Waals surface area contributed by atoms with Crippen LogP contribution in [-0.2, 0) is 11.2 Å². The number of aliphatic imine (C=N–C) groups is 1. The van der Waals surface area contributed by atoms with Gasteiger partial charge in [0.2, 0.25) is 6.35 Å². The molecule has 1 saturated heterocycles. The minimum atomic E-state index is -1.20.